The van der Waals surface area contributed by atoms with Crippen molar-refractivity contribution in [2.75, 3.05) is 19.1 Å². The summed E-state index contributed by atoms with van der Waals surface area (Å²) in [5.74, 6) is 0.812. The number of amides is 1. The molecule has 1 aromatic rings. The molecule has 0 unspecified atom stereocenters. The molecule has 15 heavy (non-hydrogen) atoms. The van der Waals surface area contributed by atoms with Gasteiger partial charge < -0.3 is 9.64 Å². The van der Waals surface area contributed by atoms with Gasteiger partial charge in [-0.05, 0) is 48.7 Å². The summed E-state index contributed by atoms with van der Waals surface area (Å²) in [6, 6.07) is 3.77. The van der Waals surface area contributed by atoms with Crippen molar-refractivity contribution in [3.8, 4) is 5.75 Å². The standard InChI is InChI=1S/C11H14ClNO2/c1-7-6-10(15-4)8(2)5-9(7)13(3)11(12)14/h5-6H,1-4H3. The van der Waals surface area contributed by atoms with Crippen LogP contribution in [-0.4, -0.2) is 19.5 Å². The SMILES string of the molecule is COc1cc(C)c(N(C)C(=O)Cl)cc1C. The van der Waals surface area contributed by atoms with Crippen LogP contribution in [0.5, 0.6) is 5.75 Å². The summed E-state index contributed by atoms with van der Waals surface area (Å²) in [5.41, 5.74) is 2.73. The molecule has 0 aromatic heterocycles. The first-order valence-corrected chi connectivity index (χ1v) is 4.93. The Bertz CT molecular complexity index is 390. The van der Waals surface area contributed by atoms with Gasteiger partial charge in [-0.25, -0.2) is 0 Å². The minimum Gasteiger partial charge on any atom is -0.496 e. The summed E-state index contributed by atoms with van der Waals surface area (Å²) in [5, 5.41) is -0.498. The highest BCUT2D eigenvalue weighted by atomic mass is 35.5. The second-order valence-electron chi connectivity index (χ2n) is 3.42. The van der Waals surface area contributed by atoms with Gasteiger partial charge in [0, 0.05) is 12.7 Å². The molecule has 0 aliphatic rings. The molecule has 4 heteroatoms. The molecule has 0 aliphatic carbocycles. The fraction of sp³-hybridized carbons (Fsp3) is 0.364. The van der Waals surface area contributed by atoms with E-state index in [1.807, 2.05) is 26.0 Å². The molecule has 0 spiro atoms. The van der Waals surface area contributed by atoms with Gasteiger partial charge in [-0.3, -0.25) is 4.79 Å². The molecular weight excluding hydrogens is 214 g/mol. The average molecular weight is 228 g/mol. The lowest BCUT2D eigenvalue weighted by Crippen LogP contribution is -2.20. The van der Waals surface area contributed by atoms with Crippen molar-refractivity contribution in [1.29, 1.82) is 0 Å². The van der Waals surface area contributed by atoms with Gasteiger partial charge in [-0.1, -0.05) is 0 Å². The third kappa shape index (κ3) is 2.42. The van der Waals surface area contributed by atoms with Crippen molar-refractivity contribution in [2.45, 2.75) is 13.8 Å². The number of benzene rings is 1. The molecule has 0 N–H and O–H groups in total. The molecule has 0 saturated carbocycles. The average Bonchev–Trinajstić information content (AvgIpc) is 2.19. The lowest BCUT2D eigenvalue weighted by Gasteiger charge is -2.18. The van der Waals surface area contributed by atoms with Crippen molar-refractivity contribution < 1.29 is 9.53 Å². The van der Waals surface area contributed by atoms with Crippen LogP contribution in [0.15, 0.2) is 12.1 Å². The fourth-order valence-electron chi connectivity index (χ4n) is 1.45. The predicted octanol–water partition coefficient (Wildman–Crippen LogP) is 3.11. The number of hydrogen-bond acceptors (Lipinski definition) is 2. The van der Waals surface area contributed by atoms with E-state index in [1.165, 1.54) is 4.90 Å². The van der Waals surface area contributed by atoms with E-state index in [9.17, 15) is 4.79 Å². The molecule has 0 aliphatic heterocycles. The number of anilines is 1. The Labute approximate surface area is 94.6 Å². The quantitative estimate of drug-likeness (QED) is 0.574. The predicted molar refractivity (Wildman–Crippen MR) is 62.1 cm³/mol. The molecule has 0 saturated heterocycles. The summed E-state index contributed by atoms with van der Waals surface area (Å²) in [6.07, 6.45) is 0. The Hall–Kier alpha value is -1.22. The zero-order chi connectivity index (χ0) is 11.6. The van der Waals surface area contributed by atoms with E-state index in [2.05, 4.69) is 0 Å². The largest absolute Gasteiger partial charge is 0.496 e. The number of hydrogen-bond donors (Lipinski definition) is 0. The molecule has 1 rings (SSSR count). The third-order valence-corrected chi connectivity index (χ3v) is 2.59. The van der Waals surface area contributed by atoms with E-state index < -0.39 is 5.37 Å². The lowest BCUT2D eigenvalue weighted by molar-refractivity contribution is 0.265. The number of ether oxygens (including phenoxy) is 1. The van der Waals surface area contributed by atoms with E-state index in [0.29, 0.717) is 0 Å². The Morgan fingerprint density at radius 1 is 1.33 bits per heavy atom. The van der Waals surface area contributed by atoms with E-state index in [-0.39, 0.29) is 0 Å². The third-order valence-electron chi connectivity index (χ3n) is 2.34. The number of rotatable bonds is 2. The van der Waals surface area contributed by atoms with Crippen LogP contribution in [0.25, 0.3) is 0 Å². The van der Waals surface area contributed by atoms with E-state index in [0.717, 1.165) is 22.6 Å². The molecular formula is C11H14ClNO2. The van der Waals surface area contributed by atoms with Gasteiger partial charge in [0.15, 0.2) is 0 Å². The van der Waals surface area contributed by atoms with Crippen molar-refractivity contribution in [3.63, 3.8) is 0 Å². The minimum atomic E-state index is -0.498. The summed E-state index contributed by atoms with van der Waals surface area (Å²) >= 11 is 5.42. The first-order valence-electron chi connectivity index (χ1n) is 4.55. The summed E-state index contributed by atoms with van der Waals surface area (Å²) in [6.45, 7) is 3.84. The summed E-state index contributed by atoms with van der Waals surface area (Å²) < 4.78 is 5.18. The molecule has 0 atom stereocenters. The highest BCUT2D eigenvalue weighted by molar-refractivity contribution is 6.66. The number of halogens is 1. The van der Waals surface area contributed by atoms with Gasteiger partial charge in [-0.15, -0.1) is 0 Å². The first-order chi connectivity index (χ1) is 6.97. The Kier molecular flexibility index (Phi) is 3.58. The number of aryl methyl sites for hydroxylation is 2. The van der Waals surface area contributed by atoms with Gasteiger partial charge in [-0.2, -0.15) is 0 Å². The van der Waals surface area contributed by atoms with Crippen LogP contribution in [0, 0.1) is 13.8 Å². The molecule has 0 bridgehead atoms. The van der Waals surface area contributed by atoms with Crippen LogP contribution in [0.3, 0.4) is 0 Å². The van der Waals surface area contributed by atoms with Crippen molar-refractivity contribution >= 4 is 22.7 Å². The van der Waals surface area contributed by atoms with Crippen molar-refractivity contribution in [2.24, 2.45) is 0 Å². The van der Waals surface area contributed by atoms with Crippen molar-refractivity contribution in [1.82, 2.24) is 0 Å². The van der Waals surface area contributed by atoms with Crippen LogP contribution in [-0.2, 0) is 0 Å². The highest BCUT2D eigenvalue weighted by Gasteiger charge is 2.12. The first kappa shape index (κ1) is 11.9. The lowest BCUT2D eigenvalue weighted by atomic mass is 10.1. The normalized spacial score (nSPS) is 9.93. The van der Waals surface area contributed by atoms with Crippen molar-refractivity contribution in [3.05, 3.63) is 23.3 Å². The van der Waals surface area contributed by atoms with Crippen LogP contribution >= 0.6 is 11.6 Å². The minimum absolute atomic E-state index is 0.498. The molecule has 0 heterocycles. The Morgan fingerprint density at radius 3 is 2.40 bits per heavy atom. The summed E-state index contributed by atoms with van der Waals surface area (Å²) in [4.78, 5) is 12.4. The topological polar surface area (TPSA) is 29.5 Å². The zero-order valence-electron chi connectivity index (χ0n) is 9.30. The Morgan fingerprint density at radius 2 is 1.93 bits per heavy atom. The van der Waals surface area contributed by atoms with E-state index >= 15 is 0 Å². The van der Waals surface area contributed by atoms with E-state index in [4.69, 9.17) is 16.3 Å². The van der Waals surface area contributed by atoms with Gasteiger partial charge >= 0.3 is 5.37 Å². The molecule has 0 radical (unpaired) electrons. The smallest absolute Gasteiger partial charge is 0.320 e. The maximum absolute atomic E-state index is 11.0. The van der Waals surface area contributed by atoms with Crippen LogP contribution in [0.4, 0.5) is 10.5 Å². The second kappa shape index (κ2) is 4.53. The molecule has 1 aromatic carbocycles. The second-order valence-corrected chi connectivity index (χ2v) is 3.74. The number of carbonyl (C=O) groups is 1. The maximum Gasteiger partial charge on any atom is 0.320 e. The Balaban J connectivity index is 3.21. The molecule has 0 fully saturated rings. The van der Waals surface area contributed by atoms with Gasteiger partial charge in [0.25, 0.3) is 0 Å². The highest BCUT2D eigenvalue weighted by Crippen LogP contribution is 2.28. The zero-order valence-corrected chi connectivity index (χ0v) is 10.1. The number of carbonyl (C=O) groups excluding carboxylic acids is 1. The molecule has 82 valence electrons. The van der Waals surface area contributed by atoms with Gasteiger partial charge in [0.1, 0.15) is 5.75 Å². The van der Waals surface area contributed by atoms with Crippen LogP contribution in [0.2, 0.25) is 0 Å². The summed E-state index contributed by atoms with van der Waals surface area (Å²) in [7, 11) is 3.27. The monoisotopic (exact) mass is 227 g/mol. The molecule has 1 amide bonds. The number of methoxy groups -OCH3 is 1. The number of nitrogens with zero attached hydrogens (tertiary/aromatic N) is 1. The molecule has 3 nitrogen and oxygen atoms in total. The van der Waals surface area contributed by atoms with Crippen LogP contribution < -0.4 is 9.64 Å². The van der Waals surface area contributed by atoms with Crippen LogP contribution in [0.1, 0.15) is 11.1 Å². The van der Waals surface area contributed by atoms with Gasteiger partial charge in [0.2, 0.25) is 0 Å². The van der Waals surface area contributed by atoms with Gasteiger partial charge in [0.05, 0.1) is 7.11 Å². The maximum atomic E-state index is 11.0. The van der Waals surface area contributed by atoms with E-state index in [1.54, 1.807) is 14.2 Å². The fourth-order valence-corrected chi connectivity index (χ4v) is 1.54.